The van der Waals surface area contributed by atoms with Crippen LogP contribution >= 0.6 is 0 Å². The Balaban J connectivity index is 1.67. The average molecular weight is 334 g/mol. The first kappa shape index (κ1) is 16.9. The maximum absolute atomic E-state index is 12.4. The SMILES string of the molecule is CN(C)Cc1ccccc1CNC(=O)c1cc(-c2ccccc2)n[nH]1. The van der Waals surface area contributed by atoms with Gasteiger partial charge in [0.1, 0.15) is 5.69 Å². The monoisotopic (exact) mass is 334 g/mol. The van der Waals surface area contributed by atoms with E-state index in [1.54, 1.807) is 6.07 Å². The number of aromatic nitrogens is 2. The Hall–Kier alpha value is -2.92. The highest BCUT2D eigenvalue weighted by Crippen LogP contribution is 2.17. The van der Waals surface area contributed by atoms with E-state index in [1.807, 2.05) is 62.6 Å². The van der Waals surface area contributed by atoms with Crippen LogP contribution in [0.5, 0.6) is 0 Å². The minimum atomic E-state index is -0.158. The Morgan fingerprint density at radius 1 is 1.04 bits per heavy atom. The Kier molecular flexibility index (Phi) is 5.26. The fourth-order valence-electron chi connectivity index (χ4n) is 2.69. The molecule has 0 bridgehead atoms. The fourth-order valence-corrected chi connectivity index (χ4v) is 2.69. The second-order valence-corrected chi connectivity index (χ2v) is 6.22. The minimum absolute atomic E-state index is 0.158. The predicted octanol–water partition coefficient (Wildman–Crippen LogP) is 3.07. The van der Waals surface area contributed by atoms with Gasteiger partial charge in [0, 0.05) is 18.7 Å². The number of H-pyrrole nitrogens is 1. The van der Waals surface area contributed by atoms with Gasteiger partial charge in [-0.1, -0.05) is 54.6 Å². The fraction of sp³-hybridized carbons (Fsp3) is 0.200. The number of hydrogen-bond acceptors (Lipinski definition) is 3. The van der Waals surface area contributed by atoms with Gasteiger partial charge < -0.3 is 10.2 Å². The Bertz CT molecular complexity index is 840. The lowest BCUT2D eigenvalue weighted by molar-refractivity contribution is 0.0946. The number of carbonyl (C=O) groups excluding carboxylic acids is 1. The topological polar surface area (TPSA) is 61.0 Å². The van der Waals surface area contributed by atoms with E-state index < -0.39 is 0 Å². The molecule has 2 N–H and O–H groups in total. The molecule has 1 amide bonds. The van der Waals surface area contributed by atoms with Gasteiger partial charge in [-0.25, -0.2) is 0 Å². The molecule has 128 valence electrons. The van der Waals surface area contributed by atoms with Crippen LogP contribution in [0.15, 0.2) is 60.7 Å². The standard InChI is InChI=1S/C20H22N4O/c1-24(2)14-17-11-7-6-10-16(17)13-21-20(25)19-12-18(22-23-19)15-8-4-3-5-9-15/h3-12H,13-14H2,1-2H3,(H,21,25)(H,22,23). The van der Waals surface area contributed by atoms with Crippen molar-refractivity contribution in [2.24, 2.45) is 0 Å². The number of aromatic amines is 1. The van der Waals surface area contributed by atoms with Crippen molar-refractivity contribution in [2.75, 3.05) is 14.1 Å². The van der Waals surface area contributed by atoms with E-state index in [0.717, 1.165) is 23.4 Å². The van der Waals surface area contributed by atoms with E-state index in [9.17, 15) is 4.79 Å². The van der Waals surface area contributed by atoms with E-state index in [2.05, 4.69) is 26.5 Å². The molecule has 2 aromatic carbocycles. The normalized spacial score (nSPS) is 10.8. The highest BCUT2D eigenvalue weighted by Gasteiger charge is 2.11. The van der Waals surface area contributed by atoms with Crippen molar-refractivity contribution >= 4 is 5.91 Å². The molecular weight excluding hydrogens is 312 g/mol. The molecule has 0 saturated carbocycles. The molecule has 3 rings (SSSR count). The van der Waals surface area contributed by atoms with E-state index >= 15 is 0 Å². The summed E-state index contributed by atoms with van der Waals surface area (Å²) in [6.45, 7) is 1.33. The molecular formula is C20H22N4O. The number of rotatable bonds is 6. The summed E-state index contributed by atoms with van der Waals surface area (Å²) in [4.78, 5) is 14.5. The zero-order valence-electron chi connectivity index (χ0n) is 14.5. The van der Waals surface area contributed by atoms with Crippen LogP contribution in [0.2, 0.25) is 0 Å². The van der Waals surface area contributed by atoms with Gasteiger partial charge in [-0.3, -0.25) is 9.89 Å². The molecule has 1 aromatic heterocycles. The van der Waals surface area contributed by atoms with Crippen LogP contribution in [-0.2, 0) is 13.1 Å². The van der Waals surface area contributed by atoms with Crippen LogP contribution in [0.25, 0.3) is 11.3 Å². The van der Waals surface area contributed by atoms with Crippen LogP contribution in [0.1, 0.15) is 21.6 Å². The van der Waals surface area contributed by atoms with Crippen molar-refractivity contribution in [3.8, 4) is 11.3 Å². The molecule has 0 aliphatic carbocycles. The highest BCUT2D eigenvalue weighted by molar-refractivity contribution is 5.93. The summed E-state index contributed by atoms with van der Waals surface area (Å²) in [7, 11) is 4.07. The quantitative estimate of drug-likeness (QED) is 0.728. The first-order valence-corrected chi connectivity index (χ1v) is 8.24. The van der Waals surface area contributed by atoms with Gasteiger partial charge in [-0.15, -0.1) is 0 Å². The molecule has 1 heterocycles. The summed E-state index contributed by atoms with van der Waals surface area (Å²) in [6, 6.07) is 19.7. The molecule has 0 aliphatic rings. The molecule has 3 aromatic rings. The highest BCUT2D eigenvalue weighted by atomic mass is 16.1. The number of amides is 1. The molecule has 0 atom stereocenters. The molecule has 25 heavy (non-hydrogen) atoms. The van der Waals surface area contributed by atoms with Gasteiger partial charge in [0.05, 0.1) is 5.69 Å². The molecule has 0 spiro atoms. The molecule has 0 unspecified atom stereocenters. The van der Waals surface area contributed by atoms with Crippen LogP contribution < -0.4 is 5.32 Å². The second kappa shape index (κ2) is 7.77. The molecule has 0 radical (unpaired) electrons. The Morgan fingerprint density at radius 2 is 1.72 bits per heavy atom. The van der Waals surface area contributed by atoms with Crippen molar-refractivity contribution in [1.82, 2.24) is 20.4 Å². The molecule has 5 heteroatoms. The molecule has 0 saturated heterocycles. The number of carbonyl (C=O) groups is 1. The summed E-state index contributed by atoms with van der Waals surface area (Å²) >= 11 is 0. The van der Waals surface area contributed by atoms with Crippen LogP contribution in [0.4, 0.5) is 0 Å². The lowest BCUT2D eigenvalue weighted by atomic mass is 10.1. The van der Waals surface area contributed by atoms with E-state index in [4.69, 9.17) is 0 Å². The smallest absolute Gasteiger partial charge is 0.269 e. The van der Waals surface area contributed by atoms with Crippen molar-refractivity contribution in [1.29, 1.82) is 0 Å². The Morgan fingerprint density at radius 3 is 2.44 bits per heavy atom. The summed E-state index contributed by atoms with van der Waals surface area (Å²) in [5, 5.41) is 10.0. The van der Waals surface area contributed by atoms with Crippen molar-refractivity contribution in [3.05, 3.63) is 77.5 Å². The average Bonchev–Trinajstić information content (AvgIpc) is 3.11. The number of nitrogens with one attached hydrogen (secondary N) is 2. The lowest BCUT2D eigenvalue weighted by Gasteiger charge is -2.14. The van der Waals surface area contributed by atoms with Crippen molar-refractivity contribution in [3.63, 3.8) is 0 Å². The third kappa shape index (κ3) is 4.33. The second-order valence-electron chi connectivity index (χ2n) is 6.22. The van der Waals surface area contributed by atoms with Crippen LogP contribution in [0, 0.1) is 0 Å². The Labute approximate surface area is 147 Å². The molecule has 0 aliphatic heterocycles. The maximum Gasteiger partial charge on any atom is 0.269 e. The van der Waals surface area contributed by atoms with Gasteiger partial charge in [-0.2, -0.15) is 5.10 Å². The van der Waals surface area contributed by atoms with Gasteiger partial charge >= 0.3 is 0 Å². The first-order chi connectivity index (χ1) is 12.1. The van der Waals surface area contributed by atoms with E-state index in [-0.39, 0.29) is 5.91 Å². The van der Waals surface area contributed by atoms with Gasteiger partial charge in [0.2, 0.25) is 0 Å². The summed E-state index contributed by atoms with van der Waals surface area (Å²) in [5.41, 5.74) is 4.53. The zero-order valence-corrected chi connectivity index (χ0v) is 14.5. The summed E-state index contributed by atoms with van der Waals surface area (Å²) in [6.07, 6.45) is 0. The van der Waals surface area contributed by atoms with E-state index in [1.165, 1.54) is 5.56 Å². The predicted molar refractivity (Wildman–Crippen MR) is 99.0 cm³/mol. The third-order valence-corrected chi connectivity index (χ3v) is 3.94. The van der Waals surface area contributed by atoms with Crippen molar-refractivity contribution < 1.29 is 4.79 Å². The van der Waals surface area contributed by atoms with E-state index in [0.29, 0.717) is 12.2 Å². The first-order valence-electron chi connectivity index (χ1n) is 8.24. The van der Waals surface area contributed by atoms with Gasteiger partial charge in [0.25, 0.3) is 5.91 Å². The summed E-state index contributed by atoms with van der Waals surface area (Å²) in [5.74, 6) is -0.158. The summed E-state index contributed by atoms with van der Waals surface area (Å²) < 4.78 is 0. The molecule has 5 nitrogen and oxygen atoms in total. The largest absolute Gasteiger partial charge is 0.347 e. The number of hydrogen-bond donors (Lipinski definition) is 2. The molecule has 0 fully saturated rings. The third-order valence-electron chi connectivity index (χ3n) is 3.94. The lowest BCUT2D eigenvalue weighted by Crippen LogP contribution is -2.24. The van der Waals surface area contributed by atoms with Crippen molar-refractivity contribution in [2.45, 2.75) is 13.1 Å². The minimum Gasteiger partial charge on any atom is -0.347 e. The zero-order chi connectivity index (χ0) is 17.6. The van der Waals surface area contributed by atoms with Crippen LogP contribution in [-0.4, -0.2) is 35.1 Å². The maximum atomic E-state index is 12.4. The number of benzene rings is 2. The van der Waals surface area contributed by atoms with Gasteiger partial charge in [0.15, 0.2) is 0 Å². The van der Waals surface area contributed by atoms with Gasteiger partial charge in [-0.05, 0) is 31.3 Å². The number of nitrogens with zero attached hydrogens (tertiary/aromatic N) is 2. The van der Waals surface area contributed by atoms with Crippen LogP contribution in [0.3, 0.4) is 0 Å².